The second-order valence-corrected chi connectivity index (χ2v) is 7.63. The van der Waals surface area contributed by atoms with E-state index in [9.17, 15) is 35.5 Å². The molecule has 37 heavy (non-hydrogen) atoms. The summed E-state index contributed by atoms with van der Waals surface area (Å²) in [5.74, 6) is -1.90. The highest BCUT2D eigenvalue weighted by Gasteiger charge is 2.31. The summed E-state index contributed by atoms with van der Waals surface area (Å²) in [5, 5.41) is 4.21. The lowest BCUT2D eigenvalue weighted by Gasteiger charge is -2.08. The molecular weight excluding hydrogens is 507 g/mol. The lowest BCUT2D eigenvalue weighted by Crippen LogP contribution is -2.14. The van der Waals surface area contributed by atoms with Crippen molar-refractivity contribution in [1.29, 1.82) is 0 Å². The highest BCUT2D eigenvalue weighted by atomic mass is 19.4. The predicted molar refractivity (Wildman–Crippen MR) is 118 cm³/mol. The van der Waals surface area contributed by atoms with Crippen molar-refractivity contribution in [2.75, 3.05) is 0 Å². The number of aromatic nitrogens is 4. The van der Waals surface area contributed by atoms with Crippen LogP contribution in [0.15, 0.2) is 66.9 Å². The summed E-state index contributed by atoms with van der Waals surface area (Å²) >= 11 is 0. The summed E-state index contributed by atoms with van der Waals surface area (Å²) < 4.78 is 92.1. The molecule has 2 N–H and O–H groups in total. The number of nitrogens with zero attached hydrogens (tertiary/aromatic N) is 4. The maximum absolute atomic E-state index is 13.2. The van der Waals surface area contributed by atoms with Crippen LogP contribution >= 0.6 is 0 Å². The fourth-order valence-corrected chi connectivity index (χ4v) is 3.29. The molecule has 2 heterocycles. The van der Waals surface area contributed by atoms with E-state index in [1.807, 2.05) is 0 Å². The van der Waals surface area contributed by atoms with Crippen LogP contribution in [0, 0.1) is 5.95 Å². The molecule has 0 radical (unpaired) electrons. The van der Waals surface area contributed by atoms with Crippen LogP contribution in [-0.4, -0.2) is 25.7 Å². The molecule has 13 heteroatoms. The molecule has 0 bridgehead atoms. The Labute approximate surface area is 203 Å². The van der Waals surface area contributed by atoms with Gasteiger partial charge in [0.1, 0.15) is 0 Å². The molecule has 0 spiro atoms. The van der Waals surface area contributed by atoms with Crippen LogP contribution in [0.4, 0.5) is 30.7 Å². The maximum Gasteiger partial charge on any atom is 0.416 e. The average molecular weight is 521 g/mol. The molecule has 0 aliphatic rings. The highest BCUT2D eigenvalue weighted by Crippen LogP contribution is 2.33. The monoisotopic (exact) mass is 521 g/mol. The number of halogens is 7. The molecule has 2 aromatic heterocycles. The van der Waals surface area contributed by atoms with E-state index in [0.717, 1.165) is 71.7 Å². The first-order chi connectivity index (χ1) is 17.3. The van der Waals surface area contributed by atoms with Crippen molar-refractivity contribution in [2.24, 2.45) is 5.73 Å². The Bertz CT molecular complexity index is 1450. The molecule has 190 valence electrons. The van der Waals surface area contributed by atoms with Crippen LogP contribution in [0.5, 0.6) is 0 Å². The Morgan fingerprint density at radius 2 is 1.35 bits per heavy atom. The number of rotatable bonds is 5. The quantitative estimate of drug-likeness (QED) is 0.208. The first-order valence-electron chi connectivity index (χ1n) is 10.3. The summed E-state index contributed by atoms with van der Waals surface area (Å²) in [6.07, 6.45) is -7.01. The van der Waals surface area contributed by atoms with Gasteiger partial charge in [-0.3, -0.25) is 4.79 Å². The third-order valence-corrected chi connectivity index (χ3v) is 5.13. The zero-order valence-corrected chi connectivity index (χ0v) is 18.3. The molecule has 0 unspecified atom stereocenters. The molecule has 0 aliphatic heterocycles. The topological polar surface area (TPSA) is 86.7 Å². The summed E-state index contributed by atoms with van der Waals surface area (Å²) in [7, 11) is 0. The van der Waals surface area contributed by atoms with Crippen LogP contribution in [0.1, 0.15) is 16.7 Å². The zero-order valence-electron chi connectivity index (χ0n) is 18.3. The van der Waals surface area contributed by atoms with Gasteiger partial charge in [-0.05, 0) is 36.4 Å². The smallest absolute Gasteiger partial charge is 0.366 e. The van der Waals surface area contributed by atoms with Crippen molar-refractivity contribution in [2.45, 2.75) is 12.4 Å². The summed E-state index contributed by atoms with van der Waals surface area (Å²) in [5.41, 5.74) is 3.87. The molecule has 0 aliphatic carbocycles. The standard InChI is InChI=1S/C24H14F7N5O/c25-19-10-5-15(11-33-19)18(20(32)37)12-36-22(14-3-8-17(9-4-14)24(29,30)31)34-21(35-36)13-1-6-16(7-2-13)23(26,27)28/h1-12H,(H2,32,37)/b18-12+. The van der Waals surface area contributed by atoms with Gasteiger partial charge in [0.15, 0.2) is 11.6 Å². The number of nitrogens with two attached hydrogens (primary N) is 1. The Morgan fingerprint density at radius 3 is 1.81 bits per heavy atom. The number of carbonyl (C=O) groups is 1. The number of primary amides is 1. The van der Waals surface area contributed by atoms with Gasteiger partial charge in [0.2, 0.25) is 5.95 Å². The van der Waals surface area contributed by atoms with Gasteiger partial charge in [-0.15, -0.1) is 5.10 Å². The Hall–Kier alpha value is -4.55. The van der Waals surface area contributed by atoms with E-state index in [-0.39, 0.29) is 33.9 Å². The van der Waals surface area contributed by atoms with Crippen molar-refractivity contribution in [3.8, 4) is 22.8 Å². The first-order valence-corrected chi connectivity index (χ1v) is 10.3. The summed E-state index contributed by atoms with van der Waals surface area (Å²) in [6, 6.07) is 9.98. The molecule has 0 saturated heterocycles. The van der Waals surface area contributed by atoms with Gasteiger partial charge in [-0.25, -0.2) is 14.6 Å². The fourth-order valence-electron chi connectivity index (χ4n) is 3.29. The lowest BCUT2D eigenvalue weighted by molar-refractivity contribution is -0.138. The predicted octanol–water partition coefficient (Wildman–Crippen LogP) is 5.67. The average Bonchev–Trinajstić information content (AvgIpc) is 3.26. The number of benzene rings is 2. The molecule has 0 fully saturated rings. The molecule has 1 amide bonds. The normalized spacial score (nSPS) is 12.6. The number of alkyl halides is 6. The first kappa shape index (κ1) is 25.5. The molecule has 4 rings (SSSR count). The van der Waals surface area contributed by atoms with E-state index in [1.54, 1.807) is 0 Å². The van der Waals surface area contributed by atoms with Crippen molar-refractivity contribution in [1.82, 2.24) is 19.7 Å². The molecule has 0 saturated carbocycles. The Kier molecular flexibility index (Phi) is 6.55. The van der Waals surface area contributed by atoms with Crippen molar-refractivity contribution in [3.63, 3.8) is 0 Å². The van der Waals surface area contributed by atoms with E-state index >= 15 is 0 Å². The Morgan fingerprint density at radius 1 is 0.811 bits per heavy atom. The SMILES string of the molecule is NC(=O)/C(=C/n1nc(-c2ccc(C(F)(F)F)cc2)nc1-c1ccc(C(F)(F)F)cc1)c1ccc(F)nc1. The number of hydrogen-bond donors (Lipinski definition) is 1. The van der Waals surface area contributed by atoms with E-state index in [2.05, 4.69) is 15.1 Å². The van der Waals surface area contributed by atoms with Crippen LogP contribution in [-0.2, 0) is 17.1 Å². The number of pyridine rings is 1. The van der Waals surface area contributed by atoms with Crippen LogP contribution in [0.2, 0.25) is 0 Å². The molecule has 4 aromatic rings. The van der Waals surface area contributed by atoms with E-state index in [1.165, 1.54) is 6.07 Å². The van der Waals surface area contributed by atoms with Crippen LogP contribution in [0.3, 0.4) is 0 Å². The molecular formula is C24H14F7N5O. The number of carbonyl (C=O) groups excluding carboxylic acids is 1. The fraction of sp³-hybridized carbons (Fsp3) is 0.0833. The lowest BCUT2D eigenvalue weighted by atomic mass is 10.1. The summed E-state index contributed by atoms with van der Waals surface area (Å²) in [6.45, 7) is 0. The molecule has 2 aromatic carbocycles. The van der Waals surface area contributed by atoms with Gasteiger partial charge in [0.25, 0.3) is 5.91 Å². The number of amides is 1. The minimum absolute atomic E-state index is 0.0440. The minimum Gasteiger partial charge on any atom is -0.366 e. The van der Waals surface area contributed by atoms with Gasteiger partial charge >= 0.3 is 12.4 Å². The van der Waals surface area contributed by atoms with Gasteiger partial charge in [-0.2, -0.15) is 30.7 Å². The second-order valence-electron chi connectivity index (χ2n) is 7.63. The maximum atomic E-state index is 13.2. The largest absolute Gasteiger partial charge is 0.416 e. The van der Waals surface area contributed by atoms with Gasteiger partial charge in [0.05, 0.1) is 16.7 Å². The minimum atomic E-state index is -4.59. The summed E-state index contributed by atoms with van der Waals surface area (Å²) in [4.78, 5) is 19.9. The van der Waals surface area contributed by atoms with E-state index in [4.69, 9.17) is 5.73 Å². The van der Waals surface area contributed by atoms with Gasteiger partial charge in [-0.1, -0.05) is 24.3 Å². The van der Waals surface area contributed by atoms with Crippen LogP contribution < -0.4 is 5.73 Å². The third-order valence-electron chi connectivity index (χ3n) is 5.13. The molecule has 6 nitrogen and oxygen atoms in total. The highest BCUT2D eigenvalue weighted by molar-refractivity contribution is 6.22. The van der Waals surface area contributed by atoms with Crippen molar-refractivity contribution < 1.29 is 35.5 Å². The van der Waals surface area contributed by atoms with Crippen molar-refractivity contribution in [3.05, 3.63) is 89.5 Å². The molecule has 0 atom stereocenters. The Balaban J connectivity index is 1.86. The van der Waals surface area contributed by atoms with E-state index < -0.39 is 35.3 Å². The van der Waals surface area contributed by atoms with Gasteiger partial charge in [0, 0.05) is 29.1 Å². The second kappa shape index (κ2) is 9.48. The number of hydrogen-bond acceptors (Lipinski definition) is 4. The van der Waals surface area contributed by atoms with E-state index in [0.29, 0.717) is 0 Å². The van der Waals surface area contributed by atoms with Crippen molar-refractivity contribution >= 4 is 17.7 Å². The van der Waals surface area contributed by atoms with Crippen LogP contribution in [0.25, 0.3) is 34.5 Å². The van der Waals surface area contributed by atoms with Gasteiger partial charge < -0.3 is 5.73 Å². The third kappa shape index (κ3) is 5.66. The zero-order chi connectivity index (χ0) is 27.0.